The average molecular weight is 411 g/mol. The van der Waals surface area contributed by atoms with Gasteiger partial charge in [-0.2, -0.15) is 0 Å². The second-order valence-electron chi connectivity index (χ2n) is 7.45. The number of thiazole rings is 1. The minimum absolute atomic E-state index is 0.00581. The van der Waals surface area contributed by atoms with Gasteiger partial charge in [-0.15, -0.1) is 0 Å². The van der Waals surface area contributed by atoms with Crippen molar-refractivity contribution < 1.29 is 4.79 Å². The molecule has 0 aliphatic heterocycles. The number of hydrogen-bond donors (Lipinski definition) is 0. The molecule has 29 heavy (non-hydrogen) atoms. The van der Waals surface area contributed by atoms with Crippen LogP contribution >= 0.6 is 11.3 Å². The molecule has 5 nitrogen and oxygen atoms in total. The molecule has 6 heteroatoms. The summed E-state index contributed by atoms with van der Waals surface area (Å²) in [5, 5.41) is 0.755. The monoisotopic (exact) mass is 410 g/mol. The van der Waals surface area contributed by atoms with Gasteiger partial charge in [0.25, 0.3) is 5.91 Å². The molecule has 1 heterocycles. The van der Waals surface area contributed by atoms with Gasteiger partial charge in [0.2, 0.25) is 0 Å². The number of aromatic nitrogens is 1. The first-order chi connectivity index (χ1) is 13.9. The van der Waals surface area contributed by atoms with Crippen LogP contribution in [-0.4, -0.2) is 56.1 Å². The molecule has 0 saturated heterocycles. The molecule has 0 N–H and O–H groups in total. The van der Waals surface area contributed by atoms with E-state index in [1.54, 1.807) is 11.3 Å². The van der Waals surface area contributed by atoms with Crippen molar-refractivity contribution in [2.24, 2.45) is 0 Å². The van der Waals surface area contributed by atoms with Gasteiger partial charge in [0.1, 0.15) is 0 Å². The SMILES string of the molecule is CCN(CC)c1ccc(C(=O)N(CCN(C)C)c2nc3ccc(C)cc3s2)cc1. The summed E-state index contributed by atoms with van der Waals surface area (Å²) in [5.41, 5.74) is 3.97. The normalized spacial score (nSPS) is 11.2. The Morgan fingerprint density at radius 3 is 2.31 bits per heavy atom. The number of anilines is 2. The smallest absolute Gasteiger partial charge is 0.260 e. The van der Waals surface area contributed by atoms with E-state index in [0.717, 1.165) is 40.7 Å². The van der Waals surface area contributed by atoms with Crippen LogP contribution in [0.1, 0.15) is 29.8 Å². The number of likely N-dealkylation sites (N-methyl/N-ethyl adjacent to an activating group) is 1. The standard InChI is InChI=1S/C23H30N4OS/c1-6-26(7-2)19-11-9-18(10-12-19)22(28)27(15-14-25(4)5)23-24-20-13-8-17(3)16-21(20)29-23/h8-13,16H,6-7,14-15H2,1-5H3. The van der Waals surface area contributed by atoms with Gasteiger partial charge in [-0.25, -0.2) is 4.98 Å². The van der Waals surface area contributed by atoms with E-state index >= 15 is 0 Å². The van der Waals surface area contributed by atoms with E-state index in [4.69, 9.17) is 4.98 Å². The molecule has 3 rings (SSSR count). The van der Waals surface area contributed by atoms with Crippen LogP contribution in [0.15, 0.2) is 42.5 Å². The van der Waals surface area contributed by atoms with Crippen molar-refractivity contribution in [3.8, 4) is 0 Å². The second kappa shape index (κ2) is 9.37. The van der Waals surface area contributed by atoms with Crippen molar-refractivity contribution in [2.75, 3.05) is 50.1 Å². The van der Waals surface area contributed by atoms with Crippen LogP contribution in [-0.2, 0) is 0 Å². The molecule has 0 bridgehead atoms. The summed E-state index contributed by atoms with van der Waals surface area (Å²) >= 11 is 1.58. The highest BCUT2D eigenvalue weighted by Crippen LogP contribution is 2.30. The Bertz CT molecular complexity index is 961. The Morgan fingerprint density at radius 1 is 1.00 bits per heavy atom. The van der Waals surface area contributed by atoms with Crippen molar-refractivity contribution >= 4 is 38.3 Å². The third-order valence-electron chi connectivity index (χ3n) is 5.02. The molecule has 0 aliphatic carbocycles. The number of rotatable bonds is 8. The third kappa shape index (κ3) is 4.95. The predicted molar refractivity (Wildman–Crippen MR) is 125 cm³/mol. The molecular weight excluding hydrogens is 380 g/mol. The van der Waals surface area contributed by atoms with Crippen molar-refractivity contribution in [1.29, 1.82) is 0 Å². The highest BCUT2D eigenvalue weighted by Gasteiger charge is 2.21. The van der Waals surface area contributed by atoms with Gasteiger partial charge in [-0.1, -0.05) is 17.4 Å². The number of fused-ring (bicyclic) bond motifs is 1. The highest BCUT2D eigenvalue weighted by atomic mass is 32.1. The Hall–Kier alpha value is -2.44. The zero-order valence-electron chi connectivity index (χ0n) is 18.0. The molecule has 1 amide bonds. The van der Waals surface area contributed by atoms with Crippen LogP contribution in [0.4, 0.5) is 10.8 Å². The number of nitrogens with zero attached hydrogens (tertiary/aromatic N) is 4. The number of aryl methyl sites for hydroxylation is 1. The van der Waals surface area contributed by atoms with Crippen LogP contribution in [0.25, 0.3) is 10.2 Å². The molecule has 0 aliphatic rings. The molecule has 154 valence electrons. The zero-order valence-corrected chi connectivity index (χ0v) is 18.8. The van der Waals surface area contributed by atoms with Gasteiger partial charge in [0.05, 0.1) is 10.2 Å². The number of amides is 1. The van der Waals surface area contributed by atoms with Crippen LogP contribution in [0.5, 0.6) is 0 Å². The van der Waals surface area contributed by atoms with E-state index in [1.165, 1.54) is 5.56 Å². The van der Waals surface area contributed by atoms with E-state index in [9.17, 15) is 4.79 Å². The third-order valence-corrected chi connectivity index (χ3v) is 6.06. The number of benzene rings is 2. The quantitative estimate of drug-likeness (QED) is 0.541. The number of hydrogen-bond acceptors (Lipinski definition) is 5. The van der Waals surface area contributed by atoms with Crippen molar-refractivity contribution in [1.82, 2.24) is 9.88 Å². The van der Waals surface area contributed by atoms with E-state index in [0.29, 0.717) is 12.1 Å². The number of carbonyl (C=O) groups is 1. The lowest BCUT2D eigenvalue weighted by Crippen LogP contribution is -2.36. The Labute approximate surface area is 177 Å². The first-order valence-corrected chi connectivity index (χ1v) is 10.9. The molecule has 1 aromatic heterocycles. The summed E-state index contributed by atoms with van der Waals surface area (Å²) in [7, 11) is 4.03. The van der Waals surface area contributed by atoms with E-state index < -0.39 is 0 Å². The van der Waals surface area contributed by atoms with Crippen LogP contribution in [0.2, 0.25) is 0 Å². The fourth-order valence-corrected chi connectivity index (χ4v) is 4.37. The maximum absolute atomic E-state index is 13.4. The first-order valence-electron chi connectivity index (χ1n) is 10.1. The summed E-state index contributed by atoms with van der Waals surface area (Å²) in [6, 6.07) is 14.1. The Morgan fingerprint density at radius 2 is 1.69 bits per heavy atom. The van der Waals surface area contributed by atoms with Gasteiger partial charge in [0.15, 0.2) is 5.13 Å². The summed E-state index contributed by atoms with van der Waals surface area (Å²) in [6.07, 6.45) is 0. The van der Waals surface area contributed by atoms with Gasteiger partial charge in [0, 0.05) is 37.4 Å². The highest BCUT2D eigenvalue weighted by molar-refractivity contribution is 7.22. The lowest BCUT2D eigenvalue weighted by molar-refractivity contribution is 0.0985. The fourth-order valence-electron chi connectivity index (χ4n) is 3.28. The molecular formula is C23H30N4OS. The van der Waals surface area contributed by atoms with Crippen LogP contribution in [0.3, 0.4) is 0 Å². The maximum Gasteiger partial charge on any atom is 0.260 e. The predicted octanol–water partition coefficient (Wildman–Crippen LogP) is 4.66. The largest absolute Gasteiger partial charge is 0.372 e. The summed E-state index contributed by atoms with van der Waals surface area (Å²) in [6.45, 7) is 9.63. The Balaban J connectivity index is 1.91. The first kappa shape index (κ1) is 21.3. The van der Waals surface area contributed by atoms with Crippen molar-refractivity contribution in [2.45, 2.75) is 20.8 Å². The maximum atomic E-state index is 13.4. The minimum atomic E-state index is -0.00581. The molecule has 0 spiro atoms. The zero-order chi connectivity index (χ0) is 21.0. The summed E-state index contributed by atoms with van der Waals surface area (Å²) in [4.78, 5) is 24.3. The van der Waals surface area contributed by atoms with Crippen LogP contribution < -0.4 is 9.80 Å². The average Bonchev–Trinajstić information content (AvgIpc) is 3.12. The molecule has 0 radical (unpaired) electrons. The van der Waals surface area contributed by atoms with Crippen molar-refractivity contribution in [3.05, 3.63) is 53.6 Å². The van der Waals surface area contributed by atoms with Gasteiger partial charge < -0.3 is 9.80 Å². The molecule has 0 saturated carbocycles. The molecule has 0 fully saturated rings. The van der Waals surface area contributed by atoms with Crippen LogP contribution in [0, 0.1) is 6.92 Å². The lowest BCUT2D eigenvalue weighted by atomic mass is 10.1. The van der Waals surface area contributed by atoms with Gasteiger partial charge in [-0.05, 0) is 76.8 Å². The van der Waals surface area contributed by atoms with E-state index in [1.807, 2.05) is 49.3 Å². The summed E-state index contributed by atoms with van der Waals surface area (Å²) in [5.74, 6) is -0.00581. The topological polar surface area (TPSA) is 39.7 Å². The second-order valence-corrected chi connectivity index (χ2v) is 8.46. The van der Waals surface area contributed by atoms with E-state index in [2.05, 4.69) is 42.7 Å². The molecule has 0 unspecified atom stereocenters. The lowest BCUT2D eigenvalue weighted by Gasteiger charge is -2.23. The summed E-state index contributed by atoms with van der Waals surface area (Å²) < 4.78 is 1.11. The van der Waals surface area contributed by atoms with Gasteiger partial charge in [-0.3, -0.25) is 9.69 Å². The van der Waals surface area contributed by atoms with E-state index in [-0.39, 0.29) is 5.91 Å². The van der Waals surface area contributed by atoms with Crippen molar-refractivity contribution in [3.63, 3.8) is 0 Å². The molecule has 0 atom stereocenters. The minimum Gasteiger partial charge on any atom is -0.372 e. The molecule has 3 aromatic rings. The fraction of sp³-hybridized carbons (Fsp3) is 0.391. The Kier molecular flexibility index (Phi) is 6.87. The molecule has 2 aromatic carbocycles. The number of carbonyl (C=O) groups excluding carboxylic acids is 1. The van der Waals surface area contributed by atoms with Gasteiger partial charge >= 0.3 is 0 Å².